The fourth-order valence-electron chi connectivity index (χ4n) is 2.40. The Morgan fingerprint density at radius 1 is 1.11 bits per heavy atom. The van der Waals surface area contributed by atoms with Gasteiger partial charge >= 0.3 is 0 Å². The van der Waals surface area contributed by atoms with Gasteiger partial charge in [0.15, 0.2) is 5.75 Å². The van der Waals surface area contributed by atoms with Crippen LogP contribution >= 0.6 is 23.2 Å². The van der Waals surface area contributed by atoms with Gasteiger partial charge in [-0.15, -0.1) is 0 Å². The quantitative estimate of drug-likeness (QED) is 0.608. The zero-order valence-corrected chi connectivity index (χ0v) is 16.0. The molecule has 0 bridgehead atoms. The summed E-state index contributed by atoms with van der Waals surface area (Å²) in [5.41, 5.74) is 0.835. The number of carbonyl (C=O) groups excluding carboxylic acids is 1. The Labute approximate surface area is 166 Å². The summed E-state index contributed by atoms with van der Waals surface area (Å²) in [5.74, 6) is 0.653. The zero-order valence-electron chi connectivity index (χ0n) is 14.5. The van der Waals surface area contributed by atoms with Crippen molar-refractivity contribution in [2.24, 2.45) is 0 Å². The summed E-state index contributed by atoms with van der Waals surface area (Å²) in [6, 6.07) is 9.86. The molecule has 27 heavy (non-hydrogen) atoms. The lowest BCUT2D eigenvalue weighted by molar-refractivity contribution is 0.0990. The van der Waals surface area contributed by atoms with Crippen LogP contribution in [0.1, 0.15) is 10.4 Å². The van der Waals surface area contributed by atoms with Crippen LogP contribution in [0.4, 0.5) is 5.69 Å². The number of aromatic nitrogens is 2. The first-order chi connectivity index (χ1) is 13.0. The first kappa shape index (κ1) is 18.9. The maximum absolute atomic E-state index is 13.0. The molecule has 0 spiro atoms. The molecule has 0 fully saturated rings. The Morgan fingerprint density at radius 2 is 1.93 bits per heavy atom. The fraction of sp³-hybridized carbons (Fsp3) is 0.105. The summed E-state index contributed by atoms with van der Waals surface area (Å²) < 4.78 is 11.0. The van der Waals surface area contributed by atoms with E-state index in [-0.39, 0.29) is 11.7 Å². The molecule has 1 amide bonds. The maximum atomic E-state index is 13.0. The number of carbonyl (C=O) groups is 1. The van der Waals surface area contributed by atoms with Crippen molar-refractivity contribution in [3.05, 3.63) is 70.6 Å². The molecule has 2 heterocycles. The second-order valence-corrected chi connectivity index (χ2v) is 6.29. The maximum Gasteiger partial charge on any atom is 0.262 e. The molecular formula is C19H15Cl2N3O3. The smallest absolute Gasteiger partial charge is 0.262 e. The van der Waals surface area contributed by atoms with Crippen molar-refractivity contribution in [3.8, 4) is 17.4 Å². The van der Waals surface area contributed by atoms with Crippen LogP contribution in [0.3, 0.4) is 0 Å². The predicted octanol–water partition coefficient (Wildman–Crippen LogP) is 4.86. The van der Waals surface area contributed by atoms with E-state index in [0.717, 1.165) is 0 Å². The highest BCUT2D eigenvalue weighted by molar-refractivity contribution is 6.35. The standard InChI is InChI=1S/C19H15Cl2N3O3/c1-24(15-4-3-8-23-18(15)26-2)19(25)13-7-9-22-11-17(13)27-16-6-5-12(20)10-14(16)21/h3-11H,1-2H3. The number of hydrogen-bond donors (Lipinski definition) is 0. The molecule has 0 aliphatic carbocycles. The molecule has 3 aromatic rings. The predicted molar refractivity (Wildman–Crippen MR) is 104 cm³/mol. The van der Waals surface area contributed by atoms with E-state index in [1.807, 2.05) is 0 Å². The van der Waals surface area contributed by atoms with Crippen molar-refractivity contribution in [2.75, 3.05) is 19.1 Å². The summed E-state index contributed by atoms with van der Waals surface area (Å²) in [6.45, 7) is 0. The molecule has 8 heteroatoms. The topological polar surface area (TPSA) is 64.5 Å². The molecule has 2 aromatic heterocycles. The number of anilines is 1. The number of halogens is 2. The van der Waals surface area contributed by atoms with Crippen molar-refractivity contribution < 1.29 is 14.3 Å². The highest BCUT2D eigenvalue weighted by Crippen LogP contribution is 2.34. The minimum atomic E-state index is -0.316. The number of pyridine rings is 2. The van der Waals surface area contributed by atoms with Crippen LogP contribution < -0.4 is 14.4 Å². The van der Waals surface area contributed by atoms with Crippen molar-refractivity contribution >= 4 is 34.8 Å². The van der Waals surface area contributed by atoms with Crippen LogP contribution in [0.15, 0.2) is 55.0 Å². The van der Waals surface area contributed by atoms with Gasteiger partial charge in [-0.1, -0.05) is 23.2 Å². The number of benzene rings is 1. The van der Waals surface area contributed by atoms with Gasteiger partial charge in [0.25, 0.3) is 5.91 Å². The number of hydrogen-bond acceptors (Lipinski definition) is 5. The van der Waals surface area contributed by atoms with Gasteiger partial charge in [-0.25, -0.2) is 4.98 Å². The molecule has 3 rings (SSSR count). The molecule has 0 saturated heterocycles. The fourth-order valence-corrected chi connectivity index (χ4v) is 2.85. The van der Waals surface area contributed by atoms with Crippen LogP contribution in [0.2, 0.25) is 10.0 Å². The Bertz CT molecular complexity index is 982. The zero-order chi connectivity index (χ0) is 19.4. The molecule has 0 unspecified atom stereocenters. The van der Waals surface area contributed by atoms with Crippen LogP contribution in [0.5, 0.6) is 17.4 Å². The molecular weight excluding hydrogens is 389 g/mol. The van der Waals surface area contributed by atoms with Crippen molar-refractivity contribution in [2.45, 2.75) is 0 Å². The van der Waals surface area contributed by atoms with Gasteiger partial charge in [-0.2, -0.15) is 0 Å². The van der Waals surface area contributed by atoms with Crippen LogP contribution in [0.25, 0.3) is 0 Å². The second-order valence-electron chi connectivity index (χ2n) is 5.44. The number of amides is 1. The van der Waals surface area contributed by atoms with E-state index < -0.39 is 0 Å². The van der Waals surface area contributed by atoms with Crippen LogP contribution in [0, 0.1) is 0 Å². The van der Waals surface area contributed by atoms with Crippen LogP contribution in [-0.4, -0.2) is 30.0 Å². The molecule has 0 aliphatic heterocycles. The number of methoxy groups -OCH3 is 1. The third-order valence-electron chi connectivity index (χ3n) is 3.74. The van der Waals surface area contributed by atoms with Gasteiger partial charge in [-0.3, -0.25) is 9.78 Å². The first-order valence-electron chi connectivity index (χ1n) is 7.85. The van der Waals surface area contributed by atoms with Gasteiger partial charge in [0, 0.05) is 24.5 Å². The highest BCUT2D eigenvalue weighted by Gasteiger charge is 2.22. The van der Waals surface area contributed by atoms with Crippen molar-refractivity contribution in [1.29, 1.82) is 0 Å². The molecule has 138 valence electrons. The molecule has 6 nitrogen and oxygen atoms in total. The van der Waals surface area contributed by atoms with Gasteiger partial charge in [0.1, 0.15) is 11.4 Å². The SMILES string of the molecule is COc1ncccc1N(C)C(=O)c1ccncc1Oc1ccc(Cl)cc1Cl. The van der Waals surface area contributed by atoms with Gasteiger partial charge < -0.3 is 14.4 Å². The van der Waals surface area contributed by atoms with E-state index >= 15 is 0 Å². The van der Waals surface area contributed by atoms with E-state index in [0.29, 0.717) is 32.9 Å². The van der Waals surface area contributed by atoms with Crippen molar-refractivity contribution in [1.82, 2.24) is 9.97 Å². The molecule has 0 N–H and O–H groups in total. The summed E-state index contributed by atoms with van der Waals surface area (Å²) in [4.78, 5) is 22.6. The Balaban J connectivity index is 1.94. The van der Waals surface area contributed by atoms with E-state index in [4.69, 9.17) is 32.7 Å². The Kier molecular flexibility index (Phi) is 5.78. The van der Waals surface area contributed by atoms with Gasteiger partial charge in [0.05, 0.1) is 23.9 Å². The van der Waals surface area contributed by atoms with E-state index in [2.05, 4.69) is 9.97 Å². The lowest BCUT2D eigenvalue weighted by Gasteiger charge is -2.20. The highest BCUT2D eigenvalue weighted by atomic mass is 35.5. The number of nitrogens with zero attached hydrogens (tertiary/aromatic N) is 3. The Hall–Kier alpha value is -2.83. The molecule has 0 aliphatic rings. The van der Waals surface area contributed by atoms with E-state index in [1.54, 1.807) is 49.6 Å². The molecule has 0 saturated carbocycles. The summed E-state index contributed by atoms with van der Waals surface area (Å²) in [7, 11) is 3.12. The average molecular weight is 404 g/mol. The summed E-state index contributed by atoms with van der Waals surface area (Å²) >= 11 is 12.1. The van der Waals surface area contributed by atoms with Gasteiger partial charge in [-0.05, 0) is 36.4 Å². The largest absolute Gasteiger partial charge is 0.480 e. The monoisotopic (exact) mass is 403 g/mol. The third-order valence-corrected chi connectivity index (χ3v) is 4.27. The number of ether oxygens (including phenoxy) is 2. The first-order valence-corrected chi connectivity index (χ1v) is 8.61. The lowest BCUT2D eigenvalue weighted by Crippen LogP contribution is -2.27. The third kappa shape index (κ3) is 4.13. The lowest BCUT2D eigenvalue weighted by atomic mass is 10.2. The molecule has 1 aromatic carbocycles. The average Bonchev–Trinajstić information content (AvgIpc) is 2.69. The van der Waals surface area contributed by atoms with Gasteiger partial charge in [0.2, 0.25) is 5.88 Å². The molecule has 0 atom stereocenters. The van der Waals surface area contributed by atoms with Crippen molar-refractivity contribution in [3.63, 3.8) is 0 Å². The summed E-state index contributed by atoms with van der Waals surface area (Å²) in [5, 5.41) is 0.810. The van der Waals surface area contributed by atoms with E-state index in [9.17, 15) is 4.79 Å². The Morgan fingerprint density at radius 3 is 2.67 bits per heavy atom. The van der Waals surface area contributed by atoms with E-state index in [1.165, 1.54) is 24.4 Å². The normalized spacial score (nSPS) is 10.4. The second kappa shape index (κ2) is 8.24. The minimum absolute atomic E-state index is 0.265. The number of rotatable bonds is 5. The summed E-state index contributed by atoms with van der Waals surface area (Å²) in [6.07, 6.45) is 4.55. The molecule has 0 radical (unpaired) electrons. The minimum Gasteiger partial charge on any atom is -0.480 e. The van der Waals surface area contributed by atoms with Crippen LogP contribution in [-0.2, 0) is 0 Å².